The van der Waals surface area contributed by atoms with E-state index in [0.29, 0.717) is 5.56 Å². The number of H-pyrrole nitrogens is 1. The minimum absolute atomic E-state index is 0.0539. The largest absolute Gasteiger partial charge is 0.284 e. The molecule has 19 heavy (non-hydrogen) atoms. The normalized spacial score (nSPS) is 13.7. The number of benzene rings is 1. The smallest absolute Gasteiger partial charge is 0.246 e. The Balaban J connectivity index is 2.35. The lowest BCUT2D eigenvalue weighted by atomic mass is 10.1. The van der Waals surface area contributed by atoms with Gasteiger partial charge >= 0.3 is 0 Å². The Morgan fingerprint density at radius 3 is 2.63 bits per heavy atom. The van der Waals surface area contributed by atoms with Crippen LogP contribution in [-0.4, -0.2) is 30.0 Å². The van der Waals surface area contributed by atoms with E-state index in [1.807, 2.05) is 0 Å². The first kappa shape index (κ1) is 13.7. The molecule has 5 nitrogen and oxygen atoms in total. The van der Waals surface area contributed by atoms with Crippen molar-refractivity contribution >= 4 is 10.0 Å². The van der Waals surface area contributed by atoms with Gasteiger partial charge in [0.25, 0.3) is 0 Å². The maximum atomic E-state index is 13.7. The predicted octanol–water partition coefficient (Wildman–Crippen LogP) is 1.93. The average Bonchev–Trinajstić information content (AvgIpc) is 2.92. The van der Waals surface area contributed by atoms with Crippen LogP contribution in [0.15, 0.2) is 41.6 Å². The fraction of sp³-hybridized carbons (Fsp3) is 0.250. The van der Waals surface area contributed by atoms with Gasteiger partial charge in [-0.1, -0.05) is 18.2 Å². The van der Waals surface area contributed by atoms with Gasteiger partial charge in [0.15, 0.2) is 0 Å². The summed E-state index contributed by atoms with van der Waals surface area (Å²) in [5.41, 5.74) is 0.331. The van der Waals surface area contributed by atoms with E-state index in [4.69, 9.17) is 0 Å². The van der Waals surface area contributed by atoms with E-state index in [1.54, 1.807) is 25.1 Å². The molecule has 1 aromatic heterocycles. The van der Waals surface area contributed by atoms with Gasteiger partial charge in [-0.15, -0.1) is 0 Å². The zero-order chi connectivity index (χ0) is 14.0. The Labute approximate surface area is 111 Å². The van der Waals surface area contributed by atoms with Gasteiger partial charge in [-0.3, -0.25) is 5.10 Å². The van der Waals surface area contributed by atoms with Crippen molar-refractivity contribution in [1.29, 1.82) is 0 Å². The zero-order valence-electron chi connectivity index (χ0n) is 10.5. The zero-order valence-corrected chi connectivity index (χ0v) is 11.4. The summed E-state index contributed by atoms with van der Waals surface area (Å²) in [5.74, 6) is -0.427. The number of hydrogen-bond donors (Lipinski definition) is 1. The summed E-state index contributed by atoms with van der Waals surface area (Å²) in [6.07, 6.45) is 2.51. The van der Waals surface area contributed by atoms with E-state index >= 15 is 0 Å². The highest BCUT2D eigenvalue weighted by Crippen LogP contribution is 2.26. The first-order chi connectivity index (χ1) is 8.94. The molecule has 1 atom stereocenters. The summed E-state index contributed by atoms with van der Waals surface area (Å²) >= 11 is 0. The average molecular weight is 283 g/mol. The van der Waals surface area contributed by atoms with Crippen molar-refractivity contribution in [2.45, 2.75) is 17.9 Å². The molecular weight excluding hydrogens is 269 g/mol. The van der Waals surface area contributed by atoms with Crippen LogP contribution in [0, 0.1) is 5.82 Å². The highest BCUT2D eigenvalue weighted by atomic mass is 32.2. The molecule has 0 saturated heterocycles. The summed E-state index contributed by atoms with van der Waals surface area (Å²) in [7, 11) is -2.27. The van der Waals surface area contributed by atoms with Gasteiger partial charge in [0.2, 0.25) is 10.0 Å². The standard InChI is InChI=1S/C12H14FN3O2S/c1-9(11-5-3-4-6-12(11)13)16(2)19(17,18)10-7-14-15-8-10/h3-9H,1-2H3,(H,14,15). The monoisotopic (exact) mass is 283 g/mol. The lowest BCUT2D eigenvalue weighted by molar-refractivity contribution is 0.387. The van der Waals surface area contributed by atoms with E-state index in [1.165, 1.54) is 25.5 Å². The molecule has 0 spiro atoms. The second-order valence-corrected chi connectivity index (χ2v) is 6.15. The molecule has 0 aliphatic heterocycles. The van der Waals surface area contributed by atoms with Crippen molar-refractivity contribution in [2.24, 2.45) is 0 Å². The summed E-state index contributed by atoms with van der Waals surface area (Å²) < 4.78 is 39.3. The molecule has 0 fully saturated rings. The Morgan fingerprint density at radius 1 is 1.37 bits per heavy atom. The second-order valence-electron chi connectivity index (χ2n) is 4.15. The third-order valence-corrected chi connectivity index (χ3v) is 4.94. The van der Waals surface area contributed by atoms with Crippen LogP contribution >= 0.6 is 0 Å². The molecular formula is C12H14FN3O2S. The SMILES string of the molecule is CC(c1ccccc1F)N(C)S(=O)(=O)c1cn[nH]c1. The minimum Gasteiger partial charge on any atom is -0.284 e. The van der Waals surface area contributed by atoms with Crippen molar-refractivity contribution < 1.29 is 12.8 Å². The lowest BCUT2D eigenvalue weighted by Gasteiger charge is -2.24. The molecule has 1 aromatic carbocycles. The quantitative estimate of drug-likeness (QED) is 0.932. The molecule has 0 aliphatic carbocycles. The first-order valence-electron chi connectivity index (χ1n) is 5.66. The maximum absolute atomic E-state index is 13.7. The summed E-state index contributed by atoms with van der Waals surface area (Å²) in [6, 6.07) is 5.51. The number of hydrogen-bond acceptors (Lipinski definition) is 3. The molecule has 0 bridgehead atoms. The van der Waals surface area contributed by atoms with Gasteiger partial charge in [-0.05, 0) is 13.0 Å². The third kappa shape index (κ3) is 2.52. The van der Waals surface area contributed by atoms with Crippen molar-refractivity contribution in [2.75, 3.05) is 7.05 Å². The van der Waals surface area contributed by atoms with Crippen LogP contribution in [0.3, 0.4) is 0 Å². The first-order valence-corrected chi connectivity index (χ1v) is 7.10. The number of aromatic amines is 1. The van der Waals surface area contributed by atoms with Crippen LogP contribution in [0.5, 0.6) is 0 Å². The van der Waals surface area contributed by atoms with Gasteiger partial charge in [-0.2, -0.15) is 9.40 Å². The van der Waals surface area contributed by atoms with Crippen LogP contribution in [-0.2, 0) is 10.0 Å². The predicted molar refractivity (Wildman–Crippen MR) is 68.4 cm³/mol. The van der Waals surface area contributed by atoms with Crippen molar-refractivity contribution in [1.82, 2.24) is 14.5 Å². The van der Waals surface area contributed by atoms with E-state index in [9.17, 15) is 12.8 Å². The molecule has 0 aliphatic rings. The van der Waals surface area contributed by atoms with E-state index in [-0.39, 0.29) is 4.90 Å². The highest BCUT2D eigenvalue weighted by molar-refractivity contribution is 7.89. The highest BCUT2D eigenvalue weighted by Gasteiger charge is 2.28. The Kier molecular flexibility index (Phi) is 3.68. The Hall–Kier alpha value is -1.73. The molecule has 1 heterocycles. The molecule has 7 heteroatoms. The lowest BCUT2D eigenvalue weighted by Crippen LogP contribution is -2.30. The van der Waals surface area contributed by atoms with Crippen molar-refractivity contribution in [3.63, 3.8) is 0 Å². The molecule has 102 valence electrons. The molecule has 1 N–H and O–H groups in total. The maximum Gasteiger partial charge on any atom is 0.246 e. The molecule has 0 radical (unpaired) electrons. The van der Waals surface area contributed by atoms with Crippen LogP contribution in [0.2, 0.25) is 0 Å². The second kappa shape index (κ2) is 5.10. The van der Waals surface area contributed by atoms with Crippen LogP contribution in [0.4, 0.5) is 4.39 Å². The Bertz CT molecular complexity index is 655. The van der Waals surface area contributed by atoms with E-state index < -0.39 is 21.9 Å². The molecule has 0 amide bonds. The number of nitrogens with zero attached hydrogens (tertiary/aromatic N) is 2. The van der Waals surface area contributed by atoms with Gasteiger partial charge in [0.05, 0.1) is 6.20 Å². The summed E-state index contributed by atoms with van der Waals surface area (Å²) in [6.45, 7) is 1.63. The summed E-state index contributed by atoms with van der Waals surface area (Å²) in [4.78, 5) is 0.0539. The molecule has 2 aromatic rings. The van der Waals surface area contributed by atoms with Gasteiger partial charge < -0.3 is 0 Å². The molecule has 0 saturated carbocycles. The third-order valence-electron chi connectivity index (χ3n) is 3.05. The fourth-order valence-electron chi connectivity index (χ4n) is 1.76. The number of nitrogens with one attached hydrogen (secondary N) is 1. The number of aromatic nitrogens is 2. The van der Waals surface area contributed by atoms with Crippen LogP contribution in [0.25, 0.3) is 0 Å². The van der Waals surface area contributed by atoms with Crippen LogP contribution in [0.1, 0.15) is 18.5 Å². The summed E-state index contributed by atoms with van der Waals surface area (Å²) in [5, 5.41) is 6.07. The van der Waals surface area contributed by atoms with Crippen molar-refractivity contribution in [3.8, 4) is 0 Å². The number of sulfonamides is 1. The Morgan fingerprint density at radius 2 is 2.05 bits per heavy atom. The van der Waals surface area contributed by atoms with Gasteiger partial charge in [-0.25, -0.2) is 12.8 Å². The number of halogens is 1. The van der Waals surface area contributed by atoms with Gasteiger partial charge in [0.1, 0.15) is 10.7 Å². The number of rotatable bonds is 4. The molecule has 1 unspecified atom stereocenters. The topological polar surface area (TPSA) is 66.1 Å². The van der Waals surface area contributed by atoms with Gasteiger partial charge in [0, 0.05) is 24.8 Å². The fourth-order valence-corrected chi connectivity index (χ4v) is 3.01. The van der Waals surface area contributed by atoms with E-state index in [2.05, 4.69) is 10.2 Å². The van der Waals surface area contributed by atoms with E-state index in [0.717, 1.165) is 4.31 Å². The minimum atomic E-state index is -3.69. The molecule has 2 rings (SSSR count). The van der Waals surface area contributed by atoms with Crippen LogP contribution < -0.4 is 0 Å². The van der Waals surface area contributed by atoms with Crippen molar-refractivity contribution in [3.05, 3.63) is 48.0 Å².